The standard InChI is InChI=1S/C17H28N2O2/c1-14(13-19-9-5-4-6-10-19)18-12-15-7-8-16(20-2)17(11-15)21-3/h7-8,11,14,18H,4-6,9-10,12-13H2,1-3H3. The van der Waals surface area contributed by atoms with E-state index in [2.05, 4.69) is 23.2 Å². The van der Waals surface area contributed by atoms with Gasteiger partial charge in [-0.05, 0) is 50.6 Å². The maximum atomic E-state index is 5.34. The Morgan fingerprint density at radius 2 is 1.81 bits per heavy atom. The maximum Gasteiger partial charge on any atom is 0.161 e. The zero-order valence-electron chi connectivity index (χ0n) is 13.5. The molecule has 4 heteroatoms. The van der Waals surface area contributed by atoms with E-state index in [0.29, 0.717) is 6.04 Å². The van der Waals surface area contributed by atoms with Crippen LogP contribution in [0, 0.1) is 0 Å². The van der Waals surface area contributed by atoms with E-state index in [4.69, 9.17) is 9.47 Å². The van der Waals surface area contributed by atoms with Crippen LogP contribution < -0.4 is 14.8 Å². The topological polar surface area (TPSA) is 33.7 Å². The van der Waals surface area contributed by atoms with Gasteiger partial charge in [0.2, 0.25) is 0 Å². The van der Waals surface area contributed by atoms with Crippen LogP contribution in [0.4, 0.5) is 0 Å². The molecule has 1 aliphatic heterocycles. The molecule has 1 atom stereocenters. The summed E-state index contributed by atoms with van der Waals surface area (Å²) in [7, 11) is 3.34. The van der Waals surface area contributed by atoms with E-state index >= 15 is 0 Å². The average molecular weight is 292 g/mol. The first-order valence-corrected chi connectivity index (χ1v) is 7.89. The second-order valence-electron chi connectivity index (χ2n) is 5.83. The Morgan fingerprint density at radius 3 is 2.48 bits per heavy atom. The van der Waals surface area contributed by atoms with Crippen LogP contribution in [0.5, 0.6) is 11.5 Å². The molecule has 0 bridgehead atoms. The third-order valence-electron chi connectivity index (χ3n) is 4.08. The first-order chi connectivity index (χ1) is 10.2. The van der Waals surface area contributed by atoms with E-state index in [-0.39, 0.29) is 0 Å². The lowest BCUT2D eigenvalue weighted by atomic mass is 10.1. The van der Waals surface area contributed by atoms with Gasteiger partial charge in [-0.2, -0.15) is 0 Å². The van der Waals surface area contributed by atoms with Crippen LogP contribution in [0.15, 0.2) is 18.2 Å². The van der Waals surface area contributed by atoms with Crippen LogP contribution in [-0.2, 0) is 6.54 Å². The van der Waals surface area contributed by atoms with Gasteiger partial charge in [0.05, 0.1) is 14.2 Å². The second kappa shape index (κ2) is 8.25. The van der Waals surface area contributed by atoms with Crippen molar-refractivity contribution in [1.29, 1.82) is 0 Å². The molecule has 1 aromatic rings. The van der Waals surface area contributed by atoms with Gasteiger partial charge < -0.3 is 19.7 Å². The minimum Gasteiger partial charge on any atom is -0.493 e. The van der Waals surface area contributed by atoms with Crippen molar-refractivity contribution in [1.82, 2.24) is 10.2 Å². The molecule has 0 aliphatic carbocycles. The molecule has 1 heterocycles. The number of likely N-dealkylation sites (tertiary alicyclic amines) is 1. The van der Waals surface area contributed by atoms with Crippen molar-refractivity contribution in [2.45, 2.75) is 38.8 Å². The molecule has 0 amide bonds. The fourth-order valence-electron chi connectivity index (χ4n) is 2.88. The molecule has 1 aliphatic rings. The number of methoxy groups -OCH3 is 2. The Kier molecular flexibility index (Phi) is 6.33. The highest BCUT2D eigenvalue weighted by atomic mass is 16.5. The molecule has 1 saturated heterocycles. The second-order valence-corrected chi connectivity index (χ2v) is 5.83. The van der Waals surface area contributed by atoms with Crippen LogP contribution in [-0.4, -0.2) is 44.8 Å². The van der Waals surface area contributed by atoms with Gasteiger partial charge >= 0.3 is 0 Å². The molecule has 2 rings (SSSR count). The molecule has 21 heavy (non-hydrogen) atoms. The fraction of sp³-hybridized carbons (Fsp3) is 0.647. The van der Waals surface area contributed by atoms with Crippen LogP contribution >= 0.6 is 0 Å². The Labute approximate surface area is 128 Å². The molecule has 118 valence electrons. The number of nitrogens with zero attached hydrogens (tertiary/aromatic N) is 1. The molecule has 1 N–H and O–H groups in total. The van der Waals surface area contributed by atoms with Crippen LogP contribution in [0.25, 0.3) is 0 Å². The van der Waals surface area contributed by atoms with E-state index in [9.17, 15) is 0 Å². The Hall–Kier alpha value is -1.26. The summed E-state index contributed by atoms with van der Waals surface area (Å²) in [5, 5.41) is 3.60. The van der Waals surface area contributed by atoms with Crippen molar-refractivity contribution in [2.24, 2.45) is 0 Å². The number of rotatable bonds is 7. The van der Waals surface area contributed by atoms with Gasteiger partial charge in [0.1, 0.15) is 0 Å². The highest BCUT2D eigenvalue weighted by Crippen LogP contribution is 2.27. The molecule has 0 aromatic heterocycles. The maximum absolute atomic E-state index is 5.34. The van der Waals surface area contributed by atoms with Gasteiger partial charge in [-0.3, -0.25) is 0 Å². The number of hydrogen-bond acceptors (Lipinski definition) is 4. The first kappa shape index (κ1) is 16.1. The van der Waals surface area contributed by atoms with Gasteiger partial charge in [0, 0.05) is 19.1 Å². The minimum atomic E-state index is 0.496. The van der Waals surface area contributed by atoms with Gasteiger partial charge in [-0.15, -0.1) is 0 Å². The lowest BCUT2D eigenvalue weighted by molar-refractivity contribution is 0.209. The Bertz CT molecular complexity index is 431. The van der Waals surface area contributed by atoms with E-state index in [0.717, 1.165) is 24.6 Å². The highest BCUT2D eigenvalue weighted by molar-refractivity contribution is 5.42. The van der Waals surface area contributed by atoms with Crippen molar-refractivity contribution >= 4 is 0 Å². The van der Waals surface area contributed by atoms with Crippen LogP contribution in [0.3, 0.4) is 0 Å². The lowest BCUT2D eigenvalue weighted by Crippen LogP contribution is -2.41. The Morgan fingerprint density at radius 1 is 1.10 bits per heavy atom. The van der Waals surface area contributed by atoms with Crippen molar-refractivity contribution in [3.8, 4) is 11.5 Å². The molecule has 4 nitrogen and oxygen atoms in total. The minimum absolute atomic E-state index is 0.496. The third kappa shape index (κ3) is 4.90. The summed E-state index contributed by atoms with van der Waals surface area (Å²) in [4.78, 5) is 2.57. The fourth-order valence-corrected chi connectivity index (χ4v) is 2.88. The third-order valence-corrected chi connectivity index (χ3v) is 4.08. The molecule has 0 saturated carbocycles. The molecule has 1 fully saturated rings. The number of ether oxygens (including phenoxy) is 2. The van der Waals surface area contributed by atoms with Gasteiger partial charge in [-0.1, -0.05) is 12.5 Å². The smallest absolute Gasteiger partial charge is 0.161 e. The van der Waals surface area contributed by atoms with Crippen molar-refractivity contribution < 1.29 is 9.47 Å². The van der Waals surface area contributed by atoms with Crippen LogP contribution in [0.1, 0.15) is 31.7 Å². The molecule has 1 aromatic carbocycles. The average Bonchev–Trinajstić information content (AvgIpc) is 2.53. The number of nitrogens with one attached hydrogen (secondary N) is 1. The highest BCUT2D eigenvalue weighted by Gasteiger charge is 2.13. The summed E-state index contributed by atoms with van der Waals surface area (Å²) in [5.41, 5.74) is 1.22. The summed E-state index contributed by atoms with van der Waals surface area (Å²) >= 11 is 0. The molecule has 0 radical (unpaired) electrons. The van der Waals surface area contributed by atoms with Gasteiger partial charge in [0.15, 0.2) is 11.5 Å². The largest absolute Gasteiger partial charge is 0.493 e. The molecule has 0 spiro atoms. The van der Waals surface area contributed by atoms with Gasteiger partial charge in [0.25, 0.3) is 0 Å². The zero-order valence-corrected chi connectivity index (χ0v) is 13.5. The quantitative estimate of drug-likeness (QED) is 0.838. The summed E-state index contributed by atoms with van der Waals surface area (Å²) in [6, 6.07) is 6.59. The number of piperidine rings is 1. The van der Waals surface area contributed by atoms with Gasteiger partial charge in [-0.25, -0.2) is 0 Å². The van der Waals surface area contributed by atoms with E-state index in [1.165, 1.54) is 37.9 Å². The van der Waals surface area contributed by atoms with Crippen LogP contribution in [0.2, 0.25) is 0 Å². The summed E-state index contributed by atoms with van der Waals surface area (Å²) in [6.07, 6.45) is 4.09. The number of benzene rings is 1. The summed E-state index contributed by atoms with van der Waals surface area (Å²) < 4.78 is 10.6. The van der Waals surface area contributed by atoms with Crippen molar-refractivity contribution in [2.75, 3.05) is 33.9 Å². The summed E-state index contributed by atoms with van der Waals surface area (Å²) in [5.74, 6) is 1.57. The lowest BCUT2D eigenvalue weighted by Gasteiger charge is -2.29. The van der Waals surface area contributed by atoms with E-state index < -0.39 is 0 Å². The SMILES string of the molecule is COc1ccc(CNC(C)CN2CCCCC2)cc1OC. The first-order valence-electron chi connectivity index (χ1n) is 7.89. The van der Waals surface area contributed by atoms with E-state index in [1.54, 1.807) is 14.2 Å². The van der Waals surface area contributed by atoms with Crippen molar-refractivity contribution in [3.05, 3.63) is 23.8 Å². The monoisotopic (exact) mass is 292 g/mol. The number of hydrogen-bond donors (Lipinski definition) is 1. The predicted molar refractivity (Wildman–Crippen MR) is 86.1 cm³/mol. The normalized spacial score (nSPS) is 17.5. The molecular formula is C17H28N2O2. The van der Waals surface area contributed by atoms with E-state index in [1.807, 2.05) is 12.1 Å². The molecular weight excluding hydrogens is 264 g/mol. The predicted octanol–water partition coefficient (Wildman–Crippen LogP) is 2.67. The van der Waals surface area contributed by atoms with Crippen molar-refractivity contribution in [3.63, 3.8) is 0 Å². The zero-order chi connectivity index (χ0) is 15.1. The Balaban J connectivity index is 1.81. The molecule has 1 unspecified atom stereocenters. The summed E-state index contributed by atoms with van der Waals surface area (Å²) in [6.45, 7) is 6.75.